The topological polar surface area (TPSA) is 84.2 Å². The fourth-order valence-corrected chi connectivity index (χ4v) is 2.67. The number of aliphatic carboxylic acids is 1. The maximum atomic E-state index is 12.0. The summed E-state index contributed by atoms with van der Waals surface area (Å²) in [6, 6.07) is 11.8. The summed E-state index contributed by atoms with van der Waals surface area (Å²) in [4.78, 5) is 22.6. The summed E-state index contributed by atoms with van der Waals surface area (Å²) in [5.74, 6) is 0.192. The van der Waals surface area contributed by atoms with Crippen LogP contribution in [-0.4, -0.2) is 26.8 Å². The van der Waals surface area contributed by atoms with E-state index in [0.717, 1.165) is 6.42 Å². The van der Waals surface area contributed by atoms with Crippen molar-refractivity contribution in [1.82, 2.24) is 9.78 Å². The molecule has 0 aliphatic heterocycles. The summed E-state index contributed by atoms with van der Waals surface area (Å²) in [6.07, 6.45) is 3.03. The second kappa shape index (κ2) is 6.01. The zero-order chi connectivity index (χ0) is 15.5. The minimum absolute atomic E-state index is 0.0796. The molecular weight excluding hydrogens is 282 g/mol. The van der Waals surface area contributed by atoms with Gasteiger partial charge in [0.1, 0.15) is 6.54 Å². The number of amides is 1. The van der Waals surface area contributed by atoms with E-state index in [2.05, 4.69) is 22.5 Å². The van der Waals surface area contributed by atoms with Crippen molar-refractivity contribution in [1.29, 1.82) is 0 Å². The standard InChI is InChI=1S/C16H17N3O3/c20-15(17-14-6-7-19(18-14)10-16(21)22)9-12-8-13(12)11-4-2-1-3-5-11/h1-7,12-13H,8-10H2,(H,21,22)(H,17,18,20)/t12-,13-/m0/s1. The first-order valence-electron chi connectivity index (χ1n) is 7.22. The molecular formula is C16H17N3O3. The fourth-order valence-electron chi connectivity index (χ4n) is 2.67. The Balaban J connectivity index is 1.49. The van der Waals surface area contributed by atoms with Crippen molar-refractivity contribution in [3.8, 4) is 0 Å². The molecule has 1 saturated carbocycles. The van der Waals surface area contributed by atoms with Crippen LogP contribution in [0.25, 0.3) is 0 Å². The van der Waals surface area contributed by atoms with Gasteiger partial charge in [0.05, 0.1) is 0 Å². The molecule has 1 fully saturated rings. The second-order valence-electron chi connectivity index (χ2n) is 5.56. The molecule has 0 radical (unpaired) electrons. The molecule has 2 aromatic rings. The van der Waals surface area contributed by atoms with Gasteiger partial charge in [-0.25, -0.2) is 0 Å². The van der Waals surface area contributed by atoms with Gasteiger partial charge in [0.15, 0.2) is 5.82 Å². The van der Waals surface area contributed by atoms with Gasteiger partial charge in [-0.05, 0) is 23.8 Å². The quantitative estimate of drug-likeness (QED) is 0.855. The van der Waals surface area contributed by atoms with Gasteiger partial charge >= 0.3 is 5.97 Å². The molecule has 2 N–H and O–H groups in total. The van der Waals surface area contributed by atoms with Gasteiger partial charge in [-0.2, -0.15) is 5.10 Å². The maximum Gasteiger partial charge on any atom is 0.325 e. The highest BCUT2D eigenvalue weighted by atomic mass is 16.4. The zero-order valence-corrected chi connectivity index (χ0v) is 12.0. The lowest BCUT2D eigenvalue weighted by Gasteiger charge is -2.02. The molecule has 0 unspecified atom stereocenters. The largest absolute Gasteiger partial charge is 0.480 e. The van der Waals surface area contributed by atoms with Crippen LogP contribution in [0.3, 0.4) is 0 Å². The van der Waals surface area contributed by atoms with E-state index in [1.54, 1.807) is 6.07 Å². The van der Waals surface area contributed by atoms with Crippen molar-refractivity contribution >= 4 is 17.7 Å². The Labute approximate surface area is 127 Å². The highest BCUT2D eigenvalue weighted by molar-refractivity contribution is 5.90. The van der Waals surface area contributed by atoms with Crippen molar-refractivity contribution in [3.63, 3.8) is 0 Å². The van der Waals surface area contributed by atoms with E-state index in [9.17, 15) is 9.59 Å². The number of benzene rings is 1. The smallest absolute Gasteiger partial charge is 0.325 e. The number of hydrogen-bond donors (Lipinski definition) is 2. The van der Waals surface area contributed by atoms with Gasteiger partial charge in [0.25, 0.3) is 0 Å². The molecule has 1 amide bonds. The number of anilines is 1. The number of aromatic nitrogens is 2. The molecule has 0 spiro atoms. The van der Waals surface area contributed by atoms with Gasteiger partial charge in [-0.1, -0.05) is 30.3 Å². The summed E-state index contributed by atoms with van der Waals surface area (Å²) in [6.45, 7) is -0.214. The summed E-state index contributed by atoms with van der Waals surface area (Å²) in [7, 11) is 0. The Morgan fingerprint density at radius 3 is 2.77 bits per heavy atom. The van der Waals surface area contributed by atoms with Gasteiger partial charge in [-0.3, -0.25) is 14.3 Å². The minimum Gasteiger partial charge on any atom is -0.480 e. The van der Waals surface area contributed by atoms with Gasteiger partial charge in [0, 0.05) is 18.7 Å². The average molecular weight is 299 g/mol. The lowest BCUT2D eigenvalue weighted by atomic mass is 10.1. The number of nitrogens with one attached hydrogen (secondary N) is 1. The first-order chi connectivity index (χ1) is 10.6. The number of rotatable bonds is 6. The lowest BCUT2D eigenvalue weighted by molar-refractivity contribution is -0.137. The van der Waals surface area contributed by atoms with Crippen LogP contribution in [0.4, 0.5) is 5.82 Å². The van der Waals surface area contributed by atoms with Crippen molar-refractivity contribution in [2.24, 2.45) is 5.92 Å². The van der Waals surface area contributed by atoms with E-state index in [1.807, 2.05) is 18.2 Å². The number of carbonyl (C=O) groups excluding carboxylic acids is 1. The highest BCUT2D eigenvalue weighted by Gasteiger charge is 2.39. The molecule has 1 heterocycles. The SMILES string of the molecule is O=C(O)Cn1ccc(NC(=O)C[C@@H]2C[C@H]2c2ccccc2)n1. The lowest BCUT2D eigenvalue weighted by Crippen LogP contribution is -2.14. The molecule has 1 aliphatic carbocycles. The normalized spacial score (nSPS) is 19.6. The first-order valence-corrected chi connectivity index (χ1v) is 7.22. The molecule has 1 aromatic heterocycles. The molecule has 1 aliphatic rings. The van der Waals surface area contributed by atoms with Gasteiger partial charge in [-0.15, -0.1) is 0 Å². The average Bonchev–Trinajstić information content (AvgIpc) is 3.11. The van der Waals surface area contributed by atoms with Crippen LogP contribution in [0.5, 0.6) is 0 Å². The Morgan fingerprint density at radius 1 is 1.27 bits per heavy atom. The third kappa shape index (κ3) is 3.52. The number of carboxylic acids is 1. The van der Waals surface area contributed by atoms with Crippen LogP contribution in [0, 0.1) is 5.92 Å². The number of carboxylic acid groups (broad SMARTS) is 1. The van der Waals surface area contributed by atoms with Crippen LogP contribution in [0.15, 0.2) is 42.6 Å². The predicted octanol–water partition coefficient (Wildman–Crippen LogP) is 2.10. The third-order valence-electron chi connectivity index (χ3n) is 3.80. The second-order valence-corrected chi connectivity index (χ2v) is 5.56. The number of hydrogen-bond acceptors (Lipinski definition) is 3. The summed E-state index contributed by atoms with van der Waals surface area (Å²) in [5.41, 5.74) is 1.28. The van der Waals surface area contributed by atoms with Gasteiger partial charge < -0.3 is 10.4 Å². The minimum atomic E-state index is -0.968. The van der Waals surface area contributed by atoms with Gasteiger partial charge in [0.2, 0.25) is 5.91 Å². The molecule has 1 aromatic carbocycles. The molecule has 114 valence electrons. The Kier molecular flexibility index (Phi) is 3.91. The Morgan fingerprint density at radius 2 is 2.05 bits per heavy atom. The monoisotopic (exact) mass is 299 g/mol. The van der Waals surface area contributed by atoms with Crippen molar-refractivity contribution in [2.45, 2.75) is 25.3 Å². The van der Waals surface area contributed by atoms with E-state index in [0.29, 0.717) is 24.1 Å². The van der Waals surface area contributed by atoms with Crippen LogP contribution >= 0.6 is 0 Å². The molecule has 6 nitrogen and oxygen atoms in total. The third-order valence-corrected chi connectivity index (χ3v) is 3.80. The molecule has 6 heteroatoms. The van der Waals surface area contributed by atoms with E-state index in [-0.39, 0.29) is 12.5 Å². The first kappa shape index (κ1) is 14.3. The van der Waals surface area contributed by atoms with Crippen LogP contribution in [-0.2, 0) is 16.1 Å². The number of carbonyl (C=O) groups is 2. The van der Waals surface area contributed by atoms with E-state index < -0.39 is 5.97 Å². The highest BCUT2D eigenvalue weighted by Crippen LogP contribution is 2.49. The van der Waals surface area contributed by atoms with E-state index in [1.165, 1.54) is 16.4 Å². The fraction of sp³-hybridized carbons (Fsp3) is 0.312. The summed E-state index contributed by atoms with van der Waals surface area (Å²) >= 11 is 0. The van der Waals surface area contributed by atoms with E-state index >= 15 is 0 Å². The molecule has 0 saturated heterocycles. The summed E-state index contributed by atoms with van der Waals surface area (Å²) < 4.78 is 1.28. The number of nitrogens with zero attached hydrogens (tertiary/aromatic N) is 2. The molecule has 3 rings (SSSR count). The van der Waals surface area contributed by atoms with Crippen molar-refractivity contribution in [2.75, 3.05) is 5.32 Å². The van der Waals surface area contributed by atoms with E-state index in [4.69, 9.17) is 5.11 Å². The summed E-state index contributed by atoms with van der Waals surface area (Å²) in [5, 5.41) is 15.4. The van der Waals surface area contributed by atoms with Crippen LogP contribution in [0.1, 0.15) is 24.3 Å². The maximum absolute atomic E-state index is 12.0. The van der Waals surface area contributed by atoms with Crippen LogP contribution in [0.2, 0.25) is 0 Å². The molecule has 0 bridgehead atoms. The van der Waals surface area contributed by atoms with Crippen molar-refractivity contribution < 1.29 is 14.7 Å². The zero-order valence-electron chi connectivity index (χ0n) is 12.0. The molecule has 2 atom stereocenters. The predicted molar refractivity (Wildman–Crippen MR) is 80.4 cm³/mol. The van der Waals surface area contributed by atoms with Crippen LogP contribution < -0.4 is 5.32 Å². The Bertz CT molecular complexity index is 681. The van der Waals surface area contributed by atoms with Crippen molar-refractivity contribution in [3.05, 3.63) is 48.2 Å². The Hall–Kier alpha value is -2.63. The molecule has 22 heavy (non-hydrogen) atoms.